The van der Waals surface area contributed by atoms with Crippen LogP contribution in [0.25, 0.3) is 0 Å². The SMILES string of the molecule is O=C([C@@H]1CCCN(c2cccc3c2C(=O)N(CCc2cccc(F)c2)C3=O)C1)N1CCN(c2ccccc2)CC1. The maximum atomic E-state index is 13.6. The van der Waals surface area contributed by atoms with E-state index in [4.69, 9.17) is 0 Å². The van der Waals surface area contributed by atoms with Crippen LogP contribution in [-0.4, -0.2) is 73.3 Å². The molecule has 0 spiro atoms. The number of hydrogen-bond acceptors (Lipinski definition) is 5. The fourth-order valence-corrected chi connectivity index (χ4v) is 6.20. The summed E-state index contributed by atoms with van der Waals surface area (Å²) < 4.78 is 13.6. The Morgan fingerprint density at radius 2 is 1.60 bits per heavy atom. The Labute approximate surface area is 233 Å². The third-order valence-electron chi connectivity index (χ3n) is 8.31. The predicted octanol–water partition coefficient (Wildman–Crippen LogP) is 4.23. The molecule has 0 aliphatic carbocycles. The van der Waals surface area contributed by atoms with Gasteiger partial charge in [0.2, 0.25) is 5.91 Å². The first-order valence-electron chi connectivity index (χ1n) is 14.1. The number of carbonyl (C=O) groups is 3. The van der Waals surface area contributed by atoms with Gasteiger partial charge in [0.05, 0.1) is 22.7 Å². The molecule has 206 valence electrons. The maximum Gasteiger partial charge on any atom is 0.263 e. The summed E-state index contributed by atoms with van der Waals surface area (Å²) in [4.78, 5) is 47.9. The van der Waals surface area contributed by atoms with Crippen LogP contribution in [0, 0.1) is 11.7 Å². The van der Waals surface area contributed by atoms with E-state index in [0.29, 0.717) is 37.2 Å². The van der Waals surface area contributed by atoms with E-state index in [1.165, 1.54) is 22.7 Å². The van der Waals surface area contributed by atoms with Gasteiger partial charge in [-0.1, -0.05) is 36.4 Å². The smallest absolute Gasteiger partial charge is 0.263 e. The number of amides is 3. The van der Waals surface area contributed by atoms with E-state index in [9.17, 15) is 18.8 Å². The first kappa shape index (κ1) is 26.0. The topological polar surface area (TPSA) is 64.2 Å². The van der Waals surface area contributed by atoms with E-state index in [1.54, 1.807) is 18.2 Å². The molecule has 3 aliphatic rings. The first-order chi connectivity index (χ1) is 19.5. The van der Waals surface area contributed by atoms with Crippen LogP contribution in [-0.2, 0) is 11.2 Å². The molecule has 0 saturated carbocycles. The normalized spacial score (nSPS) is 19.3. The van der Waals surface area contributed by atoms with Crippen molar-refractivity contribution in [3.05, 3.63) is 95.3 Å². The lowest BCUT2D eigenvalue weighted by Crippen LogP contribution is -2.52. The predicted molar refractivity (Wildman–Crippen MR) is 152 cm³/mol. The van der Waals surface area contributed by atoms with Gasteiger partial charge >= 0.3 is 0 Å². The number of piperazine rings is 1. The number of anilines is 2. The van der Waals surface area contributed by atoms with Gasteiger partial charge in [0.1, 0.15) is 5.82 Å². The van der Waals surface area contributed by atoms with Crippen molar-refractivity contribution < 1.29 is 18.8 Å². The molecule has 40 heavy (non-hydrogen) atoms. The molecule has 1 atom stereocenters. The average Bonchev–Trinajstić information content (AvgIpc) is 3.25. The van der Waals surface area contributed by atoms with E-state index < -0.39 is 0 Å². The second kappa shape index (κ2) is 11.1. The molecular weight excluding hydrogens is 507 g/mol. The Bertz CT molecular complexity index is 1420. The molecule has 7 nitrogen and oxygen atoms in total. The zero-order valence-corrected chi connectivity index (χ0v) is 22.5. The highest BCUT2D eigenvalue weighted by molar-refractivity contribution is 6.23. The molecule has 2 saturated heterocycles. The van der Waals surface area contributed by atoms with E-state index in [-0.39, 0.29) is 36.0 Å². The largest absolute Gasteiger partial charge is 0.370 e. The Morgan fingerprint density at radius 1 is 0.825 bits per heavy atom. The summed E-state index contributed by atoms with van der Waals surface area (Å²) in [5.41, 5.74) is 3.44. The van der Waals surface area contributed by atoms with Gasteiger partial charge < -0.3 is 14.7 Å². The van der Waals surface area contributed by atoms with Crippen LogP contribution < -0.4 is 9.80 Å². The van der Waals surface area contributed by atoms with Crippen LogP contribution in [0.2, 0.25) is 0 Å². The van der Waals surface area contributed by atoms with Gasteiger partial charge in [-0.15, -0.1) is 0 Å². The number of imide groups is 1. The number of carbonyl (C=O) groups excluding carboxylic acids is 3. The van der Waals surface area contributed by atoms with Crippen molar-refractivity contribution in [2.45, 2.75) is 19.3 Å². The lowest BCUT2D eigenvalue weighted by Gasteiger charge is -2.40. The first-order valence-corrected chi connectivity index (χ1v) is 14.1. The van der Waals surface area contributed by atoms with E-state index in [1.807, 2.05) is 35.2 Å². The summed E-state index contributed by atoms with van der Waals surface area (Å²) in [7, 11) is 0. The summed E-state index contributed by atoms with van der Waals surface area (Å²) in [5, 5.41) is 0. The third-order valence-corrected chi connectivity index (χ3v) is 8.31. The maximum absolute atomic E-state index is 13.6. The lowest BCUT2D eigenvalue weighted by molar-refractivity contribution is -0.136. The molecule has 6 rings (SSSR count). The van der Waals surface area contributed by atoms with Crippen LogP contribution in [0.4, 0.5) is 15.8 Å². The van der Waals surface area contributed by atoms with Crippen LogP contribution in [0.3, 0.4) is 0 Å². The quantitative estimate of drug-likeness (QED) is 0.438. The summed E-state index contributed by atoms with van der Waals surface area (Å²) in [5.74, 6) is -0.959. The molecule has 3 aromatic rings. The second-order valence-electron chi connectivity index (χ2n) is 10.8. The zero-order chi connectivity index (χ0) is 27.6. The summed E-state index contributed by atoms with van der Waals surface area (Å²) in [6, 6.07) is 21.9. The number of rotatable bonds is 6. The minimum Gasteiger partial charge on any atom is -0.370 e. The number of nitrogens with zero attached hydrogens (tertiary/aromatic N) is 4. The number of benzene rings is 3. The Balaban J connectivity index is 1.12. The molecule has 3 aliphatic heterocycles. The Kier molecular flexibility index (Phi) is 7.24. The van der Waals surface area contributed by atoms with Gasteiger partial charge in [0.25, 0.3) is 11.8 Å². The summed E-state index contributed by atoms with van der Waals surface area (Å²) in [6.45, 7) is 4.44. The minimum atomic E-state index is -0.338. The van der Waals surface area contributed by atoms with Crippen molar-refractivity contribution in [3.8, 4) is 0 Å². The van der Waals surface area contributed by atoms with Crippen molar-refractivity contribution in [3.63, 3.8) is 0 Å². The number of fused-ring (bicyclic) bond motifs is 1. The summed E-state index contributed by atoms with van der Waals surface area (Å²) >= 11 is 0. The number of hydrogen-bond donors (Lipinski definition) is 0. The van der Waals surface area contributed by atoms with E-state index >= 15 is 0 Å². The van der Waals surface area contributed by atoms with Gasteiger partial charge in [-0.05, 0) is 61.2 Å². The van der Waals surface area contributed by atoms with Crippen LogP contribution >= 0.6 is 0 Å². The van der Waals surface area contributed by atoms with Crippen molar-refractivity contribution in [2.24, 2.45) is 5.92 Å². The zero-order valence-electron chi connectivity index (χ0n) is 22.5. The monoisotopic (exact) mass is 540 g/mol. The molecule has 0 N–H and O–H groups in total. The van der Waals surface area contributed by atoms with Gasteiger partial charge in [0, 0.05) is 51.5 Å². The molecule has 0 aromatic heterocycles. The van der Waals surface area contributed by atoms with Crippen LogP contribution in [0.5, 0.6) is 0 Å². The number of piperidine rings is 1. The van der Waals surface area contributed by atoms with Crippen molar-refractivity contribution in [2.75, 3.05) is 55.6 Å². The fourth-order valence-electron chi connectivity index (χ4n) is 6.20. The molecule has 8 heteroatoms. The molecule has 0 radical (unpaired) electrons. The van der Waals surface area contributed by atoms with Crippen molar-refractivity contribution in [1.82, 2.24) is 9.80 Å². The molecule has 0 unspecified atom stereocenters. The van der Waals surface area contributed by atoms with E-state index in [2.05, 4.69) is 21.9 Å². The highest BCUT2D eigenvalue weighted by Crippen LogP contribution is 2.34. The highest BCUT2D eigenvalue weighted by Gasteiger charge is 2.39. The highest BCUT2D eigenvalue weighted by atomic mass is 19.1. The van der Waals surface area contributed by atoms with Gasteiger partial charge in [0.15, 0.2) is 0 Å². The molecular formula is C32H33FN4O3. The average molecular weight is 541 g/mol. The second-order valence-corrected chi connectivity index (χ2v) is 10.8. The number of para-hydroxylation sites is 1. The van der Waals surface area contributed by atoms with Crippen molar-refractivity contribution >= 4 is 29.1 Å². The molecule has 3 heterocycles. The standard InChI is InChI=1S/C32H33FN4O3/c33-25-9-4-7-23(21-25)14-16-37-31(39)27-12-5-13-28(29(27)32(37)40)36-15-6-8-24(22-36)30(38)35-19-17-34(18-20-35)26-10-2-1-3-11-26/h1-5,7,9-13,21,24H,6,8,14-20,22H2/t24-/m1/s1. The number of halogens is 1. The molecule has 3 amide bonds. The third kappa shape index (κ3) is 5.06. The van der Waals surface area contributed by atoms with Gasteiger partial charge in [-0.2, -0.15) is 0 Å². The lowest BCUT2D eigenvalue weighted by atomic mass is 9.94. The van der Waals surface area contributed by atoms with Crippen LogP contribution in [0.1, 0.15) is 39.1 Å². The molecule has 3 aromatic carbocycles. The van der Waals surface area contributed by atoms with Gasteiger partial charge in [-0.3, -0.25) is 19.3 Å². The minimum absolute atomic E-state index is 0.149. The van der Waals surface area contributed by atoms with E-state index in [0.717, 1.165) is 43.7 Å². The summed E-state index contributed by atoms with van der Waals surface area (Å²) in [6.07, 6.45) is 2.04. The molecule has 0 bridgehead atoms. The Morgan fingerprint density at radius 3 is 2.38 bits per heavy atom. The Hall–Kier alpha value is -4.20. The fraction of sp³-hybridized carbons (Fsp3) is 0.344. The van der Waals surface area contributed by atoms with Crippen molar-refractivity contribution in [1.29, 1.82) is 0 Å². The van der Waals surface area contributed by atoms with Gasteiger partial charge in [-0.25, -0.2) is 4.39 Å². The molecule has 2 fully saturated rings. The van der Waals surface area contributed by atoms with Crippen LogP contribution in [0.15, 0.2) is 72.8 Å².